The Morgan fingerprint density at radius 3 is 2.43 bits per heavy atom. The van der Waals surface area contributed by atoms with Crippen LogP contribution in [0.3, 0.4) is 0 Å². The van der Waals surface area contributed by atoms with Crippen molar-refractivity contribution in [2.45, 2.75) is 51.0 Å². The number of hydrogen-bond donors (Lipinski definition) is 1. The Kier molecular flexibility index (Phi) is 9.70. The third-order valence-corrected chi connectivity index (χ3v) is 5.57. The molecule has 0 radical (unpaired) electrons. The number of hydrogen-bond acceptors (Lipinski definition) is 5. The lowest BCUT2D eigenvalue weighted by Gasteiger charge is -2.40. The molecule has 2 fully saturated rings. The number of aliphatic imine (C=N–C) groups is 1. The zero-order chi connectivity index (χ0) is 19.0. The van der Waals surface area contributed by atoms with Gasteiger partial charge in [-0.3, -0.25) is 4.99 Å². The van der Waals surface area contributed by atoms with Gasteiger partial charge in [0.1, 0.15) is 0 Å². The lowest BCUT2D eigenvalue weighted by Crippen LogP contribution is -2.55. The summed E-state index contributed by atoms with van der Waals surface area (Å²) in [5, 5.41) is 3.61. The molecule has 2 aliphatic rings. The van der Waals surface area contributed by atoms with Crippen molar-refractivity contribution in [3.8, 4) is 0 Å². The molecule has 28 heavy (non-hydrogen) atoms. The van der Waals surface area contributed by atoms with Gasteiger partial charge in [0, 0.05) is 58.8 Å². The minimum atomic E-state index is -0.0239. The van der Waals surface area contributed by atoms with Gasteiger partial charge in [-0.05, 0) is 25.3 Å². The van der Waals surface area contributed by atoms with Crippen molar-refractivity contribution in [3.05, 3.63) is 18.5 Å². The second-order valence-corrected chi connectivity index (χ2v) is 7.52. The van der Waals surface area contributed by atoms with Crippen LogP contribution in [0.2, 0.25) is 0 Å². The van der Waals surface area contributed by atoms with E-state index in [1.807, 2.05) is 13.1 Å². The Labute approximate surface area is 186 Å². The summed E-state index contributed by atoms with van der Waals surface area (Å²) < 4.78 is 6.32. The van der Waals surface area contributed by atoms with Crippen molar-refractivity contribution >= 4 is 35.9 Å². The van der Waals surface area contributed by atoms with Gasteiger partial charge in [0.05, 0.1) is 5.60 Å². The smallest absolute Gasteiger partial charge is 0.225 e. The molecule has 2 heterocycles. The summed E-state index contributed by atoms with van der Waals surface area (Å²) in [6, 6.07) is 1.85. The molecule has 1 aliphatic heterocycles. The summed E-state index contributed by atoms with van der Waals surface area (Å²) in [6.45, 7) is 7.52. The molecule has 8 heteroatoms. The van der Waals surface area contributed by atoms with Gasteiger partial charge in [0.2, 0.25) is 5.95 Å². The number of piperazine rings is 1. The maximum atomic E-state index is 6.32. The zero-order valence-corrected chi connectivity index (χ0v) is 19.6. The number of ether oxygens (including phenoxy) is 1. The summed E-state index contributed by atoms with van der Waals surface area (Å²) in [6.07, 6.45) is 10.8. The highest BCUT2D eigenvalue weighted by molar-refractivity contribution is 14.0. The van der Waals surface area contributed by atoms with Crippen LogP contribution in [0.1, 0.15) is 45.4 Å². The van der Waals surface area contributed by atoms with Gasteiger partial charge < -0.3 is 19.9 Å². The highest BCUT2D eigenvalue weighted by Gasteiger charge is 2.33. The first-order valence-corrected chi connectivity index (χ1v) is 10.4. The number of aromatic nitrogens is 2. The first-order valence-electron chi connectivity index (χ1n) is 10.4. The van der Waals surface area contributed by atoms with Crippen LogP contribution < -0.4 is 10.2 Å². The molecule has 1 aromatic heterocycles. The molecule has 0 aromatic carbocycles. The van der Waals surface area contributed by atoms with Crippen molar-refractivity contribution in [2.75, 3.05) is 51.3 Å². The van der Waals surface area contributed by atoms with E-state index < -0.39 is 0 Å². The molecule has 7 nitrogen and oxygen atoms in total. The zero-order valence-electron chi connectivity index (χ0n) is 17.3. The molecule has 0 atom stereocenters. The van der Waals surface area contributed by atoms with Crippen LogP contribution >= 0.6 is 24.0 Å². The predicted molar refractivity (Wildman–Crippen MR) is 125 cm³/mol. The second kappa shape index (κ2) is 11.7. The van der Waals surface area contributed by atoms with Crippen molar-refractivity contribution in [3.63, 3.8) is 0 Å². The maximum Gasteiger partial charge on any atom is 0.225 e. The lowest BCUT2D eigenvalue weighted by molar-refractivity contribution is -0.0659. The van der Waals surface area contributed by atoms with Gasteiger partial charge in [0.15, 0.2) is 5.96 Å². The number of nitrogens with one attached hydrogen (secondary N) is 1. The van der Waals surface area contributed by atoms with Crippen LogP contribution in [0.25, 0.3) is 0 Å². The van der Waals surface area contributed by atoms with Gasteiger partial charge >= 0.3 is 0 Å². The predicted octanol–water partition coefficient (Wildman–Crippen LogP) is 2.92. The fraction of sp³-hybridized carbons (Fsp3) is 0.750. The number of guanidine groups is 1. The van der Waals surface area contributed by atoms with Crippen LogP contribution in [0.5, 0.6) is 0 Å². The molecule has 0 amide bonds. The van der Waals surface area contributed by atoms with E-state index in [9.17, 15) is 0 Å². The molecule has 3 rings (SSSR count). The monoisotopic (exact) mass is 502 g/mol. The van der Waals surface area contributed by atoms with Crippen molar-refractivity contribution in [2.24, 2.45) is 4.99 Å². The van der Waals surface area contributed by atoms with Crippen LogP contribution in [0.15, 0.2) is 23.5 Å². The van der Waals surface area contributed by atoms with E-state index in [2.05, 4.69) is 37.0 Å². The highest BCUT2D eigenvalue weighted by atomic mass is 127. The van der Waals surface area contributed by atoms with Gasteiger partial charge in [-0.25, -0.2) is 9.97 Å². The maximum absolute atomic E-state index is 6.32. The van der Waals surface area contributed by atoms with Crippen LogP contribution in [0, 0.1) is 0 Å². The average molecular weight is 502 g/mol. The fourth-order valence-corrected chi connectivity index (χ4v) is 4.03. The van der Waals surface area contributed by atoms with Crippen molar-refractivity contribution in [1.82, 2.24) is 20.2 Å². The number of anilines is 1. The van der Waals surface area contributed by atoms with Gasteiger partial charge in [-0.2, -0.15) is 0 Å². The Morgan fingerprint density at radius 2 is 1.82 bits per heavy atom. The van der Waals surface area contributed by atoms with Crippen molar-refractivity contribution in [1.29, 1.82) is 0 Å². The van der Waals surface area contributed by atoms with Crippen molar-refractivity contribution < 1.29 is 4.74 Å². The van der Waals surface area contributed by atoms with E-state index in [1.54, 1.807) is 12.4 Å². The SMILES string of the molecule is CCCOC1(CNC(=NC)N2CCN(c3ncccn3)CC2)CCCCC1.I. The molecular formula is C20H35IN6O. The first kappa shape index (κ1) is 23.1. The third-order valence-electron chi connectivity index (χ3n) is 5.57. The minimum absolute atomic E-state index is 0. The number of rotatable bonds is 6. The normalized spacial score (nSPS) is 19.9. The van der Waals surface area contributed by atoms with Gasteiger partial charge in [-0.15, -0.1) is 24.0 Å². The summed E-state index contributed by atoms with van der Waals surface area (Å²) in [5.74, 6) is 1.79. The van der Waals surface area contributed by atoms with Gasteiger partial charge in [-0.1, -0.05) is 26.2 Å². The standard InChI is InChI=1S/C20H34N6O.HI/c1-3-16-27-20(8-5-4-6-9-20)17-24-18(21-2)25-12-14-26(15-13-25)19-22-10-7-11-23-19;/h7,10-11H,3-6,8-9,12-17H2,1-2H3,(H,21,24);1H. The van der Waals surface area contributed by atoms with E-state index in [1.165, 1.54) is 19.3 Å². The molecule has 158 valence electrons. The summed E-state index contributed by atoms with van der Waals surface area (Å²) in [4.78, 5) is 17.8. The topological polar surface area (TPSA) is 65.9 Å². The lowest BCUT2D eigenvalue weighted by atomic mass is 9.84. The molecule has 1 saturated heterocycles. The van der Waals surface area contributed by atoms with Crippen LogP contribution in [-0.2, 0) is 4.74 Å². The summed E-state index contributed by atoms with van der Waals surface area (Å²) in [5.41, 5.74) is -0.0239. The van der Waals surface area contributed by atoms with Crippen LogP contribution in [0.4, 0.5) is 5.95 Å². The molecule has 1 aliphatic carbocycles. The fourth-order valence-electron chi connectivity index (χ4n) is 4.03. The Morgan fingerprint density at radius 1 is 1.14 bits per heavy atom. The Hall–Kier alpha value is -1.16. The number of halogens is 1. The van der Waals surface area contributed by atoms with E-state index >= 15 is 0 Å². The quantitative estimate of drug-likeness (QED) is 0.367. The molecule has 0 bridgehead atoms. The minimum Gasteiger partial charge on any atom is -0.373 e. The Balaban J connectivity index is 0.00000280. The van der Waals surface area contributed by atoms with E-state index in [-0.39, 0.29) is 29.6 Å². The molecule has 1 saturated carbocycles. The summed E-state index contributed by atoms with van der Waals surface area (Å²) in [7, 11) is 1.87. The van der Waals surface area contributed by atoms with Crippen LogP contribution in [-0.4, -0.2) is 72.8 Å². The molecule has 1 aromatic rings. The second-order valence-electron chi connectivity index (χ2n) is 7.52. The summed E-state index contributed by atoms with van der Waals surface area (Å²) >= 11 is 0. The van der Waals surface area contributed by atoms with E-state index in [0.29, 0.717) is 0 Å². The molecule has 1 N–H and O–H groups in total. The largest absolute Gasteiger partial charge is 0.373 e. The van der Waals surface area contributed by atoms with E-state index in [4.69, 9.17) is 4.74 Å². The van der Waals surface area contributed by atoms with E-state index in [0.717, 1.165) is 70.5 Å². The molecule has 0 spiro atoms. The average Bonchev–Trinajstić information content (AvgIpc) is 2.74. The third kappa shape index (κ3) is 6.17. The highest BCUT2D eigenvalue weighted by Crippen LogP contribution is 2.31. The number of nitrogens with zero attached hydrogens (tertiary/aromatic N) is 5. The first-order chi connectivity index (χ1) is 13.3. The Bertz CT molecular complexity index is 586. The van der Waals surface area contributed by atoms with Gasteiger partial charge in [0.25, 0.3) is 0 Å². The molecule has 0 unspecified atom stereocenters. The molecular weight excluding hydrogens is 467 g/mol.